The summed E-state index contributed by atoms with van der Waals surface area (Å²) in [5.41, 5.74) is 2.92. The first-order valence-electron chi connectivity index (χ1n) is 6.87. The van der Waals surface area contributed by atoms with Crippen LogP contribution in [-0.4, -0.2) is 15.9 Å². The third-order valence-electron chi connectivity index (χ3n) is 3.03. The van der Waals surface area contributed by atoms with Gasteiger partial charge in [0.1, 0.15) is 6.33 Å². The van der Waals surface area contributed by atoms with Gasteiger partial charge in [-0.2, -0.15) is 0 Å². The Hall–Kier alpha value is -3.01. The third-order valence-corrected chi connectivity index (χ3v) is 3.03. The molecule has 1 aromatic carbocycles. The van der Waals surface area contributed by atoms with E-state index >= 15 is 0 Å². The van der Waals surface area contributed by atoms with Crippen LogP contribution >= 0.6 is 0 Å². The summed E-state index contributed by atoms with van der Waals surface area (Å²) in [6, 6.07) is 9.30. The van der Waals surface area contributed by atoms with E-state index < -0.39 is 0 Å². The molecule has 0 fully saturated rings. The second-order valence-electron chi connectivity index (χ2n) is 4.50. The Bertz CT molecular complexity index is 704. The molecule has 1 amide bonds. The molecule has 22 heavy (non-hydrogen) atoms. The van der Waals surface area contributed by atoms with Gasteiger partial charge in [-0.25, -0.2) is 9.97 Å². The zero-order chi connectivity index (χ0) is 15.8. The standard InChI is InChI=1S/C18H17N3O/c1-3-14(16-11-19-13-20-12-16)10-15(4-2)18(22)21-17-8-6-5-7-9-17/h3-13H,2H2,1H3,(H,21,22)/b14-3+,15-10+. The number of amides is 1. The molecule has 0 spiro atoms. The van der Waals surface area contributed by atoms with Crippen LogP contribution in [0.5, 0.6) is 0 Å². The quantitative estimate of drug-likeness (QED) is 0.676. The van der Waals surface area contributed by atoms with Gasteiger partial charge >= 0.3 is 0 Å². The lowest BCUT2D eigenvalue weighted by Gasteiger charge is -2.07. The van der Waals surface area contributed by atoms with Gasteiger partial charge in [0, 0.05) is 29.2 Å². The largest absolute Gasteiger partial charge is 0.322 e. The molecule has 0 saturated carbocycles. The Kier molecular flexibility index (Phi) is 5.37. The molecule has 4 nitrogen and oxygen atoms in total. The van der Waals surface area contributed by atoms with Crippen LogP contribution in [0.4, 0.5) is 5.69 Å². The van der Waals surface area contributed by atoms with Crippen LogP contribution in [0, 0.1) is 0 Å². The molecule has 0 bridgehead atoms. The van der Waals surface area contributed by atoms with Crippen molar-refractivity contribution in [1.82, 2.24) is 9.97 Å². The fourth-order valence-electron chi connectivity index (χ4n) is 1.89. The van der Waals surface area contributed by atoms with Gasteiger partial charge < -0.3 is 5.32 Å². The van der Waals surface area contributed by atoms with Crippen molar-refractivity contribution in [1.29, 1.82) is 0 Å². The summed E-state index contributed by atoms with van der Waals surface area (Å²) in [5.74, 6) is -0.211. The molecule has 0 saturated heterocycles. The maximum absolute atomic E-state index is 12.3. The molecule has 0 atom stereocenters. The summed E-state index contributed by atoms with van der Waals surface area (Å²) in [6.07, 6.45) is 10.1. The van der Waals surface area contributed by atoms with Crippen LogP contribution < -0.4 is 5.32 Å². The lowest BCUT2D eigenvalue weighted by atomic mass is 10.1. The number of para-hydroxylation sites is 1. The third kappa shape index (κ3) is 3.99. The Morgan fingerprint density at radius 2 is 1.86 bits per heavy atom. The highest BCUT2D eigenvalue weighted by atomic mass is 16.1. The summed E-state index contributed by atoms with van der Waals surface area (Å²) in [6.45, 7) is 5.61. The smallest absolute Gasteiger partial charge is 0.255 e. The summed E-state index contributed by atoms with van der Waals surface area (Å²) in [5, 5.41) is 2.84. The number of benzene rings is 1. The Labute approximate surface area is 129 Å². The minimum absolute atomic E-state index is 0.211. The van der Waals surface area contributed by atoms with Crippen molar-refractivity contribution >= 4 is 17.2 Å². The normalized spacial score (nSPS) is 11.9. The number of hydrogen-bond donors (Lipinski definition) is 1. The molecular formula is C18H17N3O. The number of anilines is 1. The van der Waals surface area contributed by atoms with E-state index in [1.165, 1.54) is 12.4 Å². The second-order valence-corrected chi connectivity index (χ2v) is 4.50. The van der Waals surface area contributed by atoms with Crippen LogP contribution in [0.15, 0.2) is 79.4 Å². The van der Waals surface area contributed by atoms with E-state index in [2.05, 4.69) is 21.9 Å². The summed E-state index contributed by atoms with van der Waals surface area (Å²) in [7, 11) is 0. The van der Waals surface area contributed by atoms with E-state index in [1.807, 2.05) is 43.3 Å². The highest BCUT2D eigenvalue weighted by Crippen LogP contribution is 2.17. The van der Waals surface area contributed by atoms with Crippen LogP contribution in [0.1, 0.15) is 12.5 Å². The zero-order valence-electron chi connectivity index (χ0n) is 12.4. The van der Waals surface area contributed by atoms with Crippen LogP contribution in [-0.2, 0) is 4.79 Å². The van der Waals surface area contributed by atoms with Gasteiger partial charge in [0.2, 0.25) is 0 Å². The highest BCUT2D eigenvalue weighted by molar-refractivity contribution is 6.07. The van der Waals surface area contributed by atoms with E-state index in [0.29, 0.717) is 5.57 Å². The van der Waals surface area contributed by atoms with Crippen molar-refractivity contribution in [2.24, 2.45) is 0 Å². The van der Waals surface area contributed by atoms with Gasteiger partial charge in [-0.15, -0.1) is 0 Å². The predicted octanol–water partition coefficient (Wildman–Crippen LogP) is 3.63. The zero-order valence-corrected chi connectivity index (χ0v) is 12.4. The minimum atomic E-state index is -0.211. The molecule has 0 aliphatic carbocycles. The number of nitrogens with one attached hydrogen (secondary N) is 1. The molecule has 0 aliphatic heterocycles. The van der Waals surface area contributed by atoms with Crippen molar-refractivity contribution < 1.29 is 4.79 Å². The molecule has 4 heteroatoms. The molecule has 0 unspecified atom stereocenters. The molecule has 0 aliphatic rings. The van der Waals surface area contributed by atoms with E-state index in [0.717, 1.165) is 16.8 Å². The van der Waals surface area contributed by atoms with E-state index in [-0.39, 0.29) is 5.91 Å². The van der Waals surface area contributed by atoms with Gasteiger partial charge in [-0.05, 0) is 30.7 Å². The summed E-state index contributed by atoms with van der Waals surface area (Å²) < 4.78 is 0. The van der Waals surface area contributed by atoms with E-state index in [9.17, 15) is 4.79 Å². The molecule has 1 heterocycles. The van der Waals surface area contributed by atoms with E-state index in [4.69, 9.17) is 0 Å². The van der Waals surface area contributed by atoms with E-state index in [1.54, 1.807) is 18.5 Å². The second kappa shape index (κ2) is 7.69. The lowest BCUT2D eigenvalue weighted by Crippen LogP contribution is -2.13. The maximum Gasteiger partial charge on any atom is 0.255 e. The first-order valence-corrected chi connectivity index (χ1v) is 6.87. The van der Waals surface area contributed by atoms with Gasteiger partial charge in [0.15, 0.2) is 0 Å². The lowest BCUT2D eigenvalue weighted by molar-refractivity contribution is -0.112. The van der Waals surface area contributed by atoms with Crippen LogP contribution in [0.3, 0.4) is 0 Å². The molecule has 110 valence electrons. The number of allylic oxidation sites excluding steroid dienone is 3. The van der Waals surface area contributed by atoms with Crippen molar-refractivity contribution in [3.05, 3.63) is 85.0 Å². The average molecular weight is 291 g/mol. The maximum atomic E-state index is 12.3. The van der Waals surface area contributed by atoms with Gasteiger partial charge in [0.05, 0.1) is 0 Å². The summed E-state index contributed by atoms with van der Waals surface area (Å²) in [4.78, 5) is 20.3. The van der Waals surface area contributed by atoms with Crippen molar-refractivity contribution in [2.75, 3.05) is 5.32 Å². The fourth-order valence-corrected chi connectivity index (χ4v) is 1.89. The fraction of sp³-hybridized carbons (Fsp3) is 0.0556. The molecule has 2 rings (SSSR count). The topological polar surface area (TPSA) is 54.9 Å². The number of aromatic nitrogens is 2. The van der Waals surface area contributed by atoms with Crippen LogP contribution in [0.25, 0.3) is 5.57 Å². The molecule has 1 aromatic heterocycles. The molecule has 2 aromatic rings. The average Bonchev–Trinajstić information content (AvgIpc) is 2.57. The Morgan fingerprint density at radius 3 is 2.45 bits per heavy atom. The number of carbonyl (C=O) groups is 1. The van der Waals surface area contributed by atoms with Crippen LogP contribution in [0.2, 0.25) is 0 Å². The predicted molar refractivity (Wildman–Crippen MR) is 89.0 cm³/mol. The number of carbonyl (C=O) groups excluding carboxylic acids is 1. The number of nitrogens with zero attached hydrogens (tertiary/aromatic N) is 2. The van der Waals surface area contributed by atoms with Gasteiger partial charge in [-0.1, -0.05) is 36.9 Å². The number of hydrogen-bond acceptors (Lipinski definition) is 3. The molecule has 0 radical (unpaired) electrons. The van der Waals surface area contributed by atoms with Gasteiger partial charge in [0.25, 0.3) is 5.91 Å². The minimum Gasteiger partial charge on any atom is -0.322 e. The SMILES string of the molecule is C=C/C(=C\C(=C/C)c1cncnc1)C(=O)Nc1ccccc1. The molecular weight excluding hydrogens is 274 g/mol. The molecule has 1 N–H and O–H groups in total. The Morgan fingerprint density at radius 1 is 1.18 bits per heavy atom. The van der Waals surface area contributed by atoms with Crippen molar-refractivity contribution in [2.45, 2.75) is 6.92 Å². The highest BCUT2D eigenvalue weighted by Gasteiger charge is 2.08. The van der Waals surface area contributed by atoms with Crippen molar-refractivity contribution in [3.8, 4) is 0 Å². The van der Waals surface area contributed by atoms with Crippen molar-refractivity contribution in [3.63, 3.8) is 0 Å². The summed E-state index contributed by atoms with van der Waals surface area (Å²) >= 11 is 0. The first kappa shape index (κ1) is 15.4. The number of rotatable bonds is 5. The first-order chi connectivity index (χ1) is 10.7. The van der Waals surface area contributed by atoms with Gasteiger partial charge in [-0.3, -0.25) is 4.79 Å². The Balaban J connectivity index is 2.23. The monoisotopic (exact) mass is 291 g/mol.